The summed E-state index contributed by atoms with van der Waals surface area (Å²) < 4.78 is 5.94. The minimum Gasteiger partial charge on any atom is -0.497 e. The van der Waals surface area contributed by atoms with E-state index in [2.05, 4.69) is 26.9 Å². The molecular formula is C19H20N4O2S2. The molecule has 0 radical (unpaired) electrons. The third-order valence-corrected chi connectivity index (χ3v) is 5.53. The number of benzene rings is 2. The number of amides is 1. The second kappa shape index (κ2) is 8.88. The zero-order valence-electron chi connectivity index (χ0n) is 15.3. The molecule has 0 saturated carbocycles. The monoisotopic (exact) mass is 400 g/mol. The van der Waals surface area contributed by atoms with Crippen LogP contribution in [0.3, 0.4) is 0 Å². The molecule has 1 aromatic heterocycles. The number of ether oxygens (including phenoxy) is 1. The first kappa shape index (κ1) is 19.2. The highest BCUT2D eigenvalue weighted by atomic mass is 32.2. The summed E-state index contributed by atoms with van der Waals surface area (Å²) in [6.45, 7) is 4.02. The Hall–Kier alpha value is -2.58. The highest BCUT2D eigenvalue weighted by Crippen LogP contribution is 2.28. The molecule has 140 valence electrons. The number of nitrogens with zero attached hydrogens (tertiary/aromatic N) is 2. The third kappa shape index (κ3) is 5.70. The summed E-state index contributed by atoms with van der Waals surface area (Å²) in [7, 11) is 1.63. The van der Waals surface area contributed by atoms with Gasteiger partial charge >= 0.3 is 0 Å². The molecule has 0 atom stereocenters. The molecule has 0 saturated heterocycles. The molecule has 3 aromatic rings. The maximum atomic E-state index is 12.2. The number of carbonyl (C=O) groups is 1. The zero-order valence-corrected chi connectivity index (χ0v) is 16.9. The van der Waals surface area contributed by atoms with Gasteiger partial charge in [-0.1, -0.05) is 35.2 Å². The van der Waals surface area contributed by atoms with E-state index < -0.39 is 0 Å². The van der Waals surface area contributed by atoms with E-state index in [1.807, 2.05) is 50.2 Å². The van der Waals surface area contributed by atoms with Gasteiger partial charge in [-0.25, -0.2) is 0 Å². The van der Waals surface area contributed by atoms with Crippen molar-refractivity contribution >= 4 is 45.5 Å². The first-order valence-electron chi connectivity index (χ1n) is 8.27. The SMILES string of the molecule is COc1cccc(Nc2nnc(SCC(=O)Nc3cc(C)cc(C)c3)s2)c1. The topological polar surface area (TPSA) is 76.1 Å². The number of carbonyl (C=O) groups excluding carboxylic acids is 1. The van der Waals surface area contributed by atoms with Crippen molar-refractivity contribution in [2.24, 2.45) is 0 Å². The molecule has 2 aromatic carbocycles. The van der Waals surface area contributed by atoms with Gasteiger partial charge in [0.25, 0.3) is 0 Å². The lowest BCUT2D eigenvalue weighted by atomic mass is 10.1. The second-order valence-corrected chi connectivity index (χ2v) is 8.14. The van der Waals surface area contributed by atoms with Crippen LogP contribution in [0.5, 0.6) is 5.75 Å². The Bertz CT molecular complexity index is 923. The van der Waals surface area contributed by atoms with Gasteiger partial charge in [0.2, 0.25) is 11.0 Å². The number of hydrogen-bond acceptors (Lipinski definition) is 7. The predicted octanol–water partition coefficient (Wildman–Crippen LogP) is 4.64. The number of thioether (sulfide) groups is 1. The molecule has 1 heterocycles. The van der Waals surface area contributed by atoms with Gasteiger partial charge in [0, 0.05) is 17.4 Å². The molecule has 0 bridgehead atoms. The van der Waals surface area contributed by atoms with Crippen molar-refractivity contribution in [2.75, 3.05) is 23.5 Å². The maximum Gasteiger partial charge on any atom is 0.234 e. The minimum atomic E-state index is -0.0671. The number of anilines is 3. The van der Waals surface area contributed by atoms with Gasteiger partial charge in [-0.15, -0.1) is 10.2 Å². The Labute approximate surface area is 166 Å². The van der Waals surface area contributed by atoms with Crippen molar-refractivity contribution in [3.63, 3.8) is 0 Å². The number of hydrogen-bond donors (Lipinski definition) is 2. The Morgan fingerprint density at radius 3 is 2.63 bits per heavy atom. The number of nitrogens with one attached hydrogen (secondary N) is 2. The molecule has 0 fully saturated rings. The van der Waals surface area contributed by atoms with Crippen LogP contribution in [0.2, 0.25) is 0 Å². The first-order chi connectivity index (χ1) is 13.0. The van der Waals surface area contributed by atoms with Crippen LogP contribution < -0.4 is 15.4 Å². The summed E-state index contributed by atoms with van der Waals surface area (Å²) in [4.78, 5) is 12.2. The fourth-order valence-electron chi connectivity index (χ4n) is 2.51. The third-order valence-electron chi connectivity index (χ3n) is 3.56. The predicted molar refractivity (Wildman–Crippen MR) is 111 cm³/mol. The van der Waals surface area contributed by atoms with Crippen molar-refractivity contribution in [1.82, 2.24) is 10.2 Å². The Kier molecular flexibility index (Phi) is 6.31. The standard InChI is InChI=1S/C19H20N4O2S2/c1-12-7-13(2)9-15(8-12)20-17(24)11-26-19-23-22-18(27-19)21-14-5-4-6-16(10-14)25-3/h4-10H,11H2,1-3H3,(H,20,24)(H,21,22). The molecule has 3 rings (SSSR count). The Morgan fingerprint density at radius 1 is 1.11 bits per heavy atom. The lowest BCUT2D eigenvalue weighted by molar-refractivity contribution is -0.113. The van der Waals surface area contributed by atoms with Crippen LogP contribution in [0.4, 0.5) is 16.5 Å². The van der Waals surface area contributed by atoms with Gasteiger partial charge in [0.1, 0.15) is 5.75 Å². The average molecular weight is 401 g/mol. The largest absolute Gasteiger partial charge is 0.497 e. The van der Waals surface area contributed by atoms with Crippen molar-refractivity contribution in [2.45, 2.75) is 18.2 Å². The van der Waals surface area contributed by atoms with E-state index in [0.717, 1.165) is 32.6 Å². The number of aryl methyl sites for hydroxylation is 2. The fraction of sp³-hybridized carbons (Fsp3) is 0.211. The summed E-state index contributed by atoms with van der Waals surface area (Å²) in [5.74, 6) is 0.977. The summed E-state index contributed by atoms with van der Waals surface area (Å²) in [6.07, 6.45) is 0. The fourth-order valence-corrected chi connectivity index (χ4v) is 4.09. The maximum absolute atomic E-state index is 12.2. The van der Waals surface area contributed by atoms with E-state index in [9.17, 15) is 4.79 Å². The molecule has 0 aliphatic carbocycles. The molecule has 0 spiro atoms. The molecule has 2 N–H and O–H groups in total. The van der Waals surface area contributed by atoms with Crippen LogP contribution >= 0.6 is 23.1 Å². The minimum absolute atomic E-state index is 0.0671. The number of rotatable bonds is 7. The van der Waals surface area contributed by atoms with E-state index in [-0.39, 0.29) is 11.7 Å². The quantitative estimate of drug-likeness (QED) is 0.563. The lowest BCUT2D eigenvalue weighted by Gasteiger charge is -2.06. The zero-order chi connectivity index (χ0) is 19.2. The molecule has 8 heteroatoms. The Morgan fingerprint density at radius 2 is 1.89 bits per heavy atom. The molecule has 0 aliphatic rings. The average Bonchev–Trinajstić information content (AvgIpc) is 3.06. The van der Waals surface area contributed by atoms with Crippen molar-refractivity contribution in [1.29, 1.82) is 0 Å². The summed E-state index contributed by atoms with van der Waals surface area (Å²) >= 11 is 2.77. The van der Waals surface area contributed by atoms with Gasteiger partial charge in [0.15, 0.2) is 4.34 Å². The van der Waals surface area contributed by atoms with E-state index in [1.54, 1.807) is 7.11 Å². The molecule has 0 unspecified atom stereocenters. The molecule has 6 nitrogen and oxygen atoms in total. The van der Waals surface area contributed by atoms with E-state index in [0.29, 0.717) is 5.13 Å². The van der Waals surface area contributed by atoms with E-state index in [4.69, 9.17) is 4.74 Å². The molecular weight excluding hydrogens is 380 g/mol. The number of methoxy groups -OCH3 is 1. The van der Waals surface area contributed by atoms with Crippen molar-refractivity contribution in [3.05, 3.63) is 53.6 Å². The molecule has 1 amide bonds. The van der Waals surface area contributed by atoms with Crippen LogP contribution in [0.1, 0.15) is 11.1 Å². The highest BCUT2D eigenvalue weighted by molar-refractivity contribution is 8.01. The highest BCUT2D eigenvalue weighted by Gasteiger charge is 2.09. The van der Waals surface area contributed by atoms with Gasteiger partial charge in [0.05, 0.1) is 12.9 Å². The van der Waals surface area contributed by atoms with Crippen LogP contribution in [0, 0.1) is 13.8 Å². The first-order valence-corrected chi connectivity index (χ1v) is 10.1. The molecule has 27 heavy (non-hydrogen) atoms. The lowest BCUT2D eigenvalue weighted by Crippen LogP contribution is -2.14. The van der Waals surface area contributed by atoms with Gasteiger partial charge in [-0.05, 0) is 49.2 Å². The second-order valence-electron chi connectivity index (χ2n) is 5.94. The van der Waals surface area contributed by atoms with Crippen LogP contribution in [0.25, 0.3) is 0 Å². The van der Waals surface area contributed by atoms with E-state index in [1.165, 1.54) is 23.1 Å². The van der Waals surface area contributed by atoms with Crippen LogP contribution in [0.15, 0.2) is 46.8 Å². The smallest absolute Gasteiger partial charge is 0.234 e. The van der Waals surface area contributed by atoms with Crippen LogP contribution in [-0.2, 0) is 4.79 Å². The normalized spacial score (nSPS) is 10.5. The van der Waals surface area contributed by atoms with Gasteiger partial charge < -0.3 is 15.4 Å². The van der Waals surface area contributed by atoms with E-state index >= 15 is 0 Å². The summed E-state index contributed by atoms with van der Waals surface area (Å²) in [6, 6.07) is 13.6. The van der Waals surface area contributed by atoms with Crippen molar-refractivity contribution in [3.8, 4) is 5.75 Å². The molecule has 0 aliphatic heterocycles. The van der Waals surface area contributed by atoms with Crippen molar-refractivity contribution < 1.29 is 9.53 Å². The number of aromatic nitrogens is 2. The van der Waals surface area contributed by atoms with Gasteiger partial charge in [-0.3, -0.25) is 4.79 Å². The summed E-state index contributed by atoms with van der Waals surface area (Å²) in [5, 5.41) is 15.0. The summed E-state index contributed by atoms with van der Waals surface area (Å²) in [5.41, 5.74) is 3.93. The van der Waals surface area contributed by atoms with Gasteiger partial charge in [-0.2, -0.15) is 0 Å². The Balaban J connectivity index is 1.53. The van der Waals surface area contributed by atoms with Crippen LogP contribution in [-0.4, -0.2) is 29.0 Å².